The van der Waals surface area contributed by atoms with Crippen molar-refractivity contribution in [1.29, 1.82) is 0 Å². The highest BCUT2D eigenvalue weighted by Gasteiger charge is 2.49. The molecular formula is C23H20F5N5O3S. The quantitative estimate of drug-likeness (QED) is 0.479. The number of amides is 1. The molecule has 1 aromatic carbocycles. The molecular weight excluding hydrogens is 521 g/mol. The number of halogens is 5. The van der Waals surface area contributed by atoms with E-state index in [1.165, 1.54) is 19.1 Å². The molecule has 3 aromatic rings. The summed E-state index contributed by atoms with van der Waals surface area (Å²) in [5.41, 5.74) is -2.24. The van der Waals surface area contributed by atoms with Gasteiger partial charge in [-0.2, -0.15) is 17.5 Å². The predicted octanol–water partition coefficient (Wildman–Crippen LogP) is 3.50. The molecule has 2 atom stereocenters. The van der Waals surface area contributed by atoms with Crippen LogP contribution in [-0.4, -0.2) is 51.8 Å². The number of carbonyl (C=O) groups excluding carboxylic acids is 1. The van der Waals surface area contributed by atoms with Crippen LogP contribution in [0.1, 0.15) is 24.7 Å². The first-order valence-electron chi connectivity index (χ1n) is 10.8. The van der Waals surface area contributed by atoms with Gasteiger partial charge < -0.3 is 5.32 Å². The lowest BCUT2D eigenvalue weighted by molar-refractivity contribution is -0.141. The summed E-state index contributed by atoms with van der Waals surface area (Å²) in [6.45, 7) is 0.429. The van der Waals surface area contributed by atoms with Gasteiger partial charge in [-0.05, 0) is 49.4 Å². The molecule has 14 heteroatoms. The van der Waals surface area contributed by atoms with E-state index in [0.29, 0.717) is 0 Å². The molecule has 1 amide bonds. The van der Waals surface area contributed by atoms with E-state index in [2.05, 4.69) is 20.3 Å². The standard InChI is InChI=1S/C23H20F5N5O3S/c1-22(25)9-19(33(12-22)37(35,36)17-5-3-15(24)4-6-17)21(34)30-11-16-8-18(32-13-31-16)14-2-7-20(29-10-14)23(26,27)28/h2-8,10,13,19H,9,11-12H2,1H3,(H,30,34)/t19-,22+/m0/s1. The Morgan fingerprint density at radius 3 is 2.46 bits per heavy atom. The van der Waals surface area contributed by atoms with Crippen LogP contribution >= 0.6 is 0 Å². The summed E-state index contributed by atoms with van der Waals surface area (Å²) < 4.78 is 93.2. The highest BCUT2D eigenvalue weighted by molar-refractivity contribution is 7.89. The van der Waals surface area contributed by atoms with Gasteiger partial charge >= 0.3 is 6.18 Å². The molecule has 0 bridgehead atoms. The molecule has 4 rings (SSSR count). The Bertz CT molecular complexity index is 1400. The maximum Gasteiger partial charge on any atom is 0.433 e. The van der Waals surface area contributed by atoms with E-state index in [9.17, 15) is 35.2 Å². The van der Waals surface area contributed by atoms with Crippen molar-refractivity contribution in [3.05, 3.63) is 72.2 Å². The molecule has 1 aliphatic rings. The SMILES string of the molecule is C[C@@]1(F)C[C@@H](C(=O)NCc2cc(-c3ccc(C(F)(F)F)nc3)ncn2)N(S(=O)(=O)c2ccc(F)cc2)C1. The van der Waals surface area contributed by atoms with E-state index in [0.717, 1.165) is 47.2 Å². The summed E-state index contributed by atoms with van der Waals surface area (Å²) in [7, 11) is -4.31. The number of rotatable bonds is 6. The van der Waals surface area contributed by atoms with Crippen LogP contribution in [0.4, 0.5) is 22.0 Å². The number of sulfonamides is 1. The van der Waals surface area contributed by atoms with Crippen molar-refractivity contribution >= 4 is 15.9 Å². The third-order valence-electron chi connectivity index (χ3n) is 5.69. The van der Waals surface area contributed by atoms with Gasteiger partial charge in [-0.25, -0.2) is 27.2 Å². The fourth-order valence-electron chi connectivity index (χ4n) is 3.88. The topological polar surface area (TPSA) is 105 Å². The lowest BCUT2D eigenvalue weighted by atomic mass is 10.0. The van der Waals surface area contributed by atoms with Crippen LogP contribution < -0.4 is 5.32 Å². The molecule has 37 heavy (non-hydrogen) atoms. The second kappa shape index (κ2) is 9.74. The van der Waals surface area contributed by atoms with E-state index < -0.39 is 58.3 Å². The van der Waals surface area contributed by atoms with Crippen LogP contribution in [0, 0.1) is 5.82 Å². The fraction of sp³-hybridized carbons (Fsp3) is 0.304. The zero-order chi connectivity index (χ0) is 27.0. The van der Waals surface area contributed by atoms with Crippen LogP contribution in [0.5, 0.6) is 0 Å². The van der Waals surface area contributed by atoms with E-state index in [1.54, 1.807) is 0 Å². The van der Waals surface area contributed by atoms with Crippen LogP contribution in [0.25, 0.3) is 11.3 Å². The maximum atomic E-state index is 14.8. The average Bonchev–Trinajstić information content (AvgIpc) is 3.19. The Morgan fingerprint density at radius 1 is 1.14 bits per heavy atom. The maximum absolute atomic E-state index is 14.8. The molecule has 0 aliphatic carbocycles. The smallest absolute Gasteiger partial charge is 0.349 e. The van der Waals surface area contributed by atoms with Crippen LogP contribution in [-0.2, 0) is 27.5 Å². The summed E-state index contributed by atoms with van der Waals surface area (Å²) in [4.78, 5) is 24.0. The summed E-state index contributed by atoms with van der Waals surface area (Å²) in [6, 6.07) is 6.02. The Kier molecular flexibility index (Phi) is 6.99. The Balaban J connectivity index is 1.49. The number of nitrogens with one attached hydrogen (secondary N) is 1. The van der Waals surface area contributed by atoms with Crippen LogP contribution in [0.3, 0.4) is 0 Å². The van der Waals surface area contributed by atoms with Crippen molar-refractivity contribution in [2.24, 2.45) is 0 Å². The van der Waals surface area contributed by atoms with Crippen molar-refractivity contribution in [2.45, 2.75) is 42.7 Å². The lowest BCUT2D eigenvalue weighted by Crippen LogP contribution is -2.45. The molecule has 0 saturated carbocycles. The highest BCUT2D eigenvalue weighted by Crippen LogP contribution is 2.35. The number of pyridine rings is 1. The van der Waals surface area contributed by atoms with Gasteiger partial charge in [-0.15, -0.1) is 0 Å². The minimum atomic E-state index is -4.59. The van der Waals surface area contributed by atoms with Crippen molar-refractivity contribution in [3.8, 4) is 11.3 Å². The van der Waals surface area contributed by atoms with Gasteiger partial charge in [0.1, 0.15) is 29.5 Å². The Hall–Kier alpha value is -3.52. The number of nitrogens with zero attached hydrogens (tertiary/aromatic N) is 4. The summed E-state index contributed by atoms with van der Waals surface area (Å²) in [5, 5.41) is 2.52. The second-order valence-electron chi connectivity index (χ2n) is 8.68. The lowest BCUT2D eigenvalue weighted by Gasteiger charge is -2.23. The molecule has 1 saturated heterocycles. The monoisotopic (exact) mass is 541 g/mol. The third kappa shape index (κ3) is 5.91. The number of hydrogen-bond acceptors (Lipinski definition) is 6. The minimum absolute atomic E-state index is 0.188. The van der Waals surface area contributed by atoms with Crippen molar-refractivity contribution in [3.63, 3.8) is 0 Å². The van der Waals surface area contributed by atoms with Crippen LogP contribution in [0.15, 0.2) is 59.9 Å². The molecule has 196 valence electrons. The average molecular weight is 542 g/mol. The molecule has 0 spiro atoms. The number of benzene rings is 1. The molecule has 3 heterocycles. The molecule has 2 aromatic heterocycles. The van der Waals surface area contributed by atoms with E-state index >= 15 is 0 Å². The molecule has 1 aliphatic heterocycles. The zero-order valence-corrected chi connectivity index (χ0v) is 20.0. The molecule has 1 N–H and O–H groups in total. The number of aromatic nitrogens is 3. The zero-order valence-electron chi connectivity index (χ0n) is 19.2. The van der Waals surface area contributed by atoms with E-state index in [-0.39, 0.29) is 28.4 Å². The second-order valence-corrected chi connectivity index (χ2v) is 10.6. The first kappa shape index (κ1) is 26.5. The van der Waals surface area contributed by atoms with Gasteiger partial charge in [0.2, 0.25) is 15.9 Å². The van der Waals surface area contributed by atoms with Crippen molar-refractivity contribution in [1.82, 2.24) is 24.6 Å². The van der Waals surface area contributed by atoms with Gasteiger partial charge in [-0.3, -0.25) is 9.78 Å². The van der Waals surface area contributed by atoms with E-state index in [4.69, 9.17) is 0 Å². The van der Waals surface area contributed by atoms with Crippen molar-refractivity contribution in [2.75, 3.05) is 6.54 Å². The van der Waals surface area contributed by atoms with E-state index in [1.807, 2.05) is 0 Å². The van der Waals surface area contributed by atoms with Gasteiger partial charge in [0, 0.05) is 24.7 Å². The number of alkyl halides is 4. The Labute approximate surface area is 208 Å². The summed E-state index contributed by atoms with van der Waals surface area (Å²) >= 11 is 0. The van der Waals surface area contributed by atoms with Crippen molar-refractivity contribution < 1.29 is 35.2 Å². The number of carbonyl (C=O) groups is 1. The normalized spacial score (nSPS) is 20.6. The van der Waals surface area contributed by atoms with Gasteiger partial charge in [0.15, 0.2) is 0 Å². The third-order valence-corrected chi connectivity index (χ3v) is 7.56. The molecule has 0 unspecified atom stereocenters. The first-order chi connectivity index (χ1) is 17.3. The largest absolute Gasteiger partial charge is 0.433 e. The Morgan fingerprint density at radius 2 is 1.84 bits per heavy atom. The first-order valence-corrected chi connectivity index (χ1v) is 12.3. The predicted molar refractivity (Wildman–Crippen MR) is 120 cm³/mol. The molecule has 8 nitrogen and oxygen atoms in total. The number of hydrogen-bond donors (Lipinski definition) is 1. The highest BCUT2D eigenvalue weighted by atomic mass is 32.2. The van der Waals surface area contributed by atoms with Gasteiger partial charge in [0.05, 0.1) is 22.8 Å². The van der Waals surface area contributed by atoms with Gasteiger partial charge in [-0.1, -0.05) is 0 Å². The molecule has 1 fully saturated rings. The molecule has 0 radical (unpaired) electrons. The fourth-order valence-corrected chi connectivity index (χ4v) is 5.58. The minimum Gasteiger partial charge on any atom is -0.349 e. The summed E-state index contributed by atoms with van der Waals surface area (Å²) in [5.74, 6) is -1.43. The van der Waals surface area contributed by atoms with Crippen LogP contribution in [0.2, 0.25) is 0 Å². The summed E-state index contributed by atoms with van der Waals surface area (Å²) in [6.07, 6.45) is -2.83. The van der Waals surface area contributed by atoms with Gasteiger partial charge in [0.25, 0.3) is 0 Å².